The molecule has 0 unspecified atom stereocenters. The van der Waals surface area contributed by atoms with E-state index >= 15 is 0 Å². The van der Waals surface area contributed by atoms with E-state index in [4.69, 9.17) is 21.1 Å². The molecule has 1 aliphatic heterocycles. The van der Waals surface area contributed by atoms with Crippen molar-refractivity contribution >= 4 is 38.5 Å². The average Bonchev–Trinajstić information content (AvgIpc) is 3.18. The van der Waals surface area contributed by atoms with Gasteiger partial charge in [0.05, 0.1) is 25.0 Å². The van der Waals surface area contributed by atoms with E-state index in [0.717, 1.165) is 10.9 Å². The van der Waals surface area contributed by atoms with Crippen LogP contribution in [0.25, 0.3) is 10.9 Å². The lowest BCUT2D eigenvalue weighted by Gasteiger charge is -2.22. The van der Waals surface area contributed by atoms with Crippen LogP contribution in [0.5, 0.6) is 5.75 Å². The van der Waals surface area contributed by atoms with Crippen LogP contribution in [0, 0.1) is 0 Å². The van der Waals surface area contributed by atoms with Gasteiger partial charge in [0, 0.05) is 11.9 Å². The standard InChI is InChI=1S/C19H23ClN2O5S/c1-26-19(23)17-5-4-10-22(17)28(24,25)12-3-2-11-27-15-7-8-16-14(13-15)6-9-18(20)21-16/h6-9,13,17H,2-5,10-12H2,1H3/t17-/m0/s1. The SMILES string of the molecule is COC(=O)[C@@H]1CCCN1S(=O)(=O)CCCCOc1ccc2nc(Cl)ccc2c1. The monoisotopic (exact) mass is 426 g/mol. The first kappa shape index (κ1) is 20.8. The van der Waals surface area contributed by atoms with Gasteiger partial charge in [-0.1, -0.05) is 11.6 Å². The van der Waals surface area contributed by atoms with Crippen LogP contribution in [0.4, 0.5) is 0 Å². The number of benzene rings is 1. The van der Waals surface area contributed by atoms with Crippen LogP contribution in [-0.4, -0.2) is 55.7 Å². The molecule has 0 saturated carbocycles. The molecule has 0 spiro atoms. The number of aromatic nitrogens is 1. The van der Waals surface area contributed by atoms with Gasteiger partial charge in [-0.3, -0.25) is 4.79 Å². The number of nitrogens with zero attached hydrogens (tertiary/aromatic N) is 2. The van der Waals surface area contributed by atoms with Crippen molar-refractivity contribution in [1.82, 2.24) is 9.29 Å². The highest BCUT2D eigenvalue weighted by atomic mass is 35.5. The lowest BCUT2D eigenvalue weighted by atomic mass is 10.2. The number of ether oxygens (including phenoxy) is 2. The molecule has 7 nitrogen and oxygen atoms in total. The Labute approximate surface area is 169 Å². The zero-order valence-corrected chi connectivity index (χ0v) is 17.2. The topological polar surface area (TPSA) is 85.8 Å². The van der Waals surface area contributed by atoms with Crippen LogP contribution in [0.2, 0.25) is 5.15 Å². The molecule has 1 saturated heterocycles. The van der Waals surface area contributed by atoms with E-state index in [1.54, 1.807) is 6.07 Å². The maximum absolute atomic E-state index is 12.5. The third-order valence-electron chi connectivity index (χ3n) is 4.73. The predicted molar refractivity (Wildman–Crippen MR) is 107 cm³/mol. The normalized spacial score (nSPS) is 17.7. The number of rotatable bonds is 8. The maximum Gasteiger partial charge on any atom is 0.324 e. The van der Waals surface area contributed by atoms with Crippen molar-refractivity contribution in [2.45, 2.75) is 31.7 Å². The van der Waals surface area contributed by atoms with E-state index in [1.165, 1.54) is 11.4 Å². The van der Waals surface area contributed by atoms with Crippen LogP contribution >= 0.6 is 11.6 Å². The molecule has 1 aromatic carbocycles. The summed E-state index contributed by atoms with van der Waals surface area (Å²) in [4.78, 5) is 16.0. The van der Waals surface area contributed by atoms with Gasteiger partial charge in [-0.05, 0) is 56.0 Å². The number of methoxy groups -OCH3 is 1. The van der Waals surface area contributed by atoms with Crippen molar-refractivity contribution < 1.29 is 22.7 Å². The highest BCUT2D eigenvalue weighted by Gasteiger charge is 2.38. The van der Waals surface area contributed by atoms with Gasteiger partial charge >= 0.3 is 5.97 Å². The first-order valence-corrected chi connectivity index (χ1v) is 11.2. The summed E-state index contributed by atoms with van der Waals surface area (Å²) in [7, 11) is -2.21. The van der Waals surface area contributed by atoms with E-state index < -0.39 is 22.0 Å². The van der Waals surface area contributed by atoms with Crippen molar-refractivity contribution in [2.24, 2.45) is 0 Å². The summed E-state index contributed by atoms with van der Waals surface area (Å²) in [5, 5.41) is 1.36. The molecule has 9 heteroatoms. The third kappa shape index (κ3) is 4.92. The number of hydrogen-bond acceptors (Lipinski definition) is 6. The molecule has 152 valence electrons. The lowest BCUT2D eigenvalue weighted by Crippen LogP contribution is -2.42. The number of carbonyl (C=O) groups is 1. The number of carbonyl (C=O) groups excluding carboxylic acids is 1. The Morgan fingerprint density at radius 2 is 2.11 bits per heavy atom. The fraction of sp³-hybridized carbons (Fsp3) is 0.474. The number of sulfonamides is 1. The van der Waals surface area contributed by atoms with Gasteiger partial charge in [-0.25, -0.2) is 13.4 Å². The van der Waals surface area contributed by atoms with Crippen molar-refractivity contribution in [3.8, 4) is 5.75 Å². The average molecular weight is 427 g/mol. The van der Waals surface area contributed by atoms with Gasteiger partial charge in [0.2, 0.25) is 10.0 Å². The number of unbranched alkanes of at least 4 members (excludes halogenated alkanes) is 1. The zero-order chi connectivity index (χ0) is 20.1. The second-order valence-electron chi connectivity index (χ2n) is 6.65. The first-order valence-electron chi connectivity index (χ1n) is 9.17. The molecule has 0 aliphatic carbocycles. The molecule has 2 heterocycles. The minimum absolute atomic E-state index is 0.00993. The fourth-order valence-corrected chi connectivity index (χ4v) is 5.25. The van der Waals surface area contributed by atoms with E-state index in [1.807, 2.05) is 24.3 Å². The summed E-state index contributed by atoms with van der Waals surface area (Å²) >= 11 is 5.87. The van der Waals surface area contributed by atoms with E-state index in [-0.39, 0.29) is 5.75 Å². The largest absolute Gasteiger partial charge is 0.494 e. The predicted octanol–water partition coefficient (Wildman–Crippen LogP) is 3.01. The fourth-order valence-electron chi connectivity index (χ4n) is 3.31. The van der Waals surface area contributed by atoms with Crippen molar-refractivity contribution in [3.05, 3.63) is 35.5 Å². The summed E-state index contributed by atoms with van der Waals surface area (Å²) in [6.07, 6.45) is 2.23. The number of pyridine rings is 1. The summed E-state index contributed by atoms with van der Waals surface area (Å²) in [6, 6.07) is 8.43. The summed E-state index contributed by atoms with van der Waals surface area (Å²) in [5.74, 6) is 0.200. The Balaban J connectivity index is 1.47. The molecule has 1 aromatic heterocycles. The molecule has 0 N–H and O–H groups in total. The van der Waals surface area contributed by atoms with Crippen LogP contribution < -0.4 is 4.74 Å². The molecule has 28 heavy (non-hydrogen) atoms. The van der Waals surface area contributed by atoms with Gasteiger partial charge in [0.15, 0.2) is 0 Å². The molecule has 1 atom stereocenters. The molecule has 0 bridgehead atoms. The molecule has 0 amide bonds. The third-order valence-corrected chi connectivity index (χ3v) is 6.89. The smallest absolute Gasteiger partial charge is 0.324 e. The Morgan fingerprint density at radius 3 is 2.89 bits per heavy atom. The van der Waals surface area contributed by atoms with Gasteiger partial charge in [0.1, 0.15) is 16.9 Å². The summed E-state index contributed by atoms with van der Waals surface area (Å²) < 4.78 is 36.8. The van der Waals surface area contributed by atoms with Gasteiger partial charge < -0.3 is 9.47 Å². The zero-order valence-electron chi connectivity index (χ0n) is 15.6. The maximum atomic E-state index is 12.5. The first-order chi connectivity index (χ1) is 13.4. The second-order valence-corrected chi connectivity index (χ2v) is 9.08. The molecule has 1 aliphatic rings. The molecule has 3 rings (SSSR count). The number of hydrogen-bond donors (Lipinski definition) is 0. The summed E-state index contributed by atoms with van der Waals surface area (Å²) in [6.45, 7) is 0.774. The Kier molecular flexibility index (Phi) is 6.74. The van der Waals surface area contributed by atoms with Gasteiger partial charge in [0.25, 0.3) is 0 Å². The van der Waals surface area contributed by atoms with Crippen LogP contribution in [-0.2, 0) is 19.6 Å². The van der Waals surface area contributed by atoms with Crippen molar-refractivity contribution in [3.63, 3.8) is 0 Å². The van der Waals surface area contributed by atoms with E-state index in [2.05, 4.69) is 4.98 Å². The molecular weight excluding hydrogens is 404 g/mol. The van der Waals surface area contributed by atoms with E-state index in [0.29, 0.717) is 49.7 Å². The Bertz CT molecular complexity index is 950. The minimum atomic E-state index is -3.49. The number of fused-ring (bicyclic) bond motifs is 1. The van der Waals surface area contributed by atoms with Crippen molar-refractivity contribution in [2.75, 3.05) is 26.0 Å². The molecular formula is C19H23ClN2O5S. The van der Waals surface area contributed by atoms with Crippen LogP contribution in [0.15, 0.2) is 30.3 Å². The number of esters is 1. The highest BCUT2D eigenvalue weighted by molar-refractivity contribution is 7.89. The van der Waals surface area contributed by atoms with Crippen LogP contribution in [0.1, 0.15) is 25.7 Å². The lowest BCUT2D eigenvalue weighted by molar-refractivity contribution is -0.144. The van der Waals surface area contributed by atoms with Gasteiger partial charge in [-0.15, -0.1) is 0 Å². The Hall–Kier alpha value is -1.90. The molecule has 1 fully saturated rings. The quantitative estimate of drug-likeness (QED) is 0.366. The summed E-state index contributed by atoms with van der Waals surface area (Å²) in [5.41, 5.74) is 0.789. The highest BCUT2D eigenvalue weighted by Crippen LogP contribution is 2.24. The Morgan fingerprint density at radius 1 is 1.29 bits per heavy atom. The van der Waals surface area contributed by atoms with Crippen LogP contribution in [0.3, 0.4) is 0 Å². The second kappa shape index (κ2) is 9.07. The van der Waals surface area contributed by atoms with Gasteiger partial charge in [-0.2, -0.15) is 4.31 Å². The molecule has 2 aromatic rings. The molecule has 0 radical (unpaired) electrons. The minimum Gasteiger partial charge on any atom is -0.494 e. The van der Waals surface area contributed by atoms with Crippen molar-refractivity contribution in [1.29, 1.82) is 0 Å². The number of halogens is 1. The van der Waals surface area contributed by atoms with E-state index in [9.17, 15) is 13.2 Å².